The van der Waals surface area contributed by atoms with Crippen LogP contribution in [0.2, 0.25) is 0 Å². The van der Waals surface area contributed by atoms with Crippen LogP contribution in [-0.4, -0.2) is 19.4 Å². The zero-order chi connectivity index (χ0) is 5.11. The Hall–Kier alpha value is -0.370. The van der Waals surface area contributed by atoms with Gasteiger partial charge in [-0.1, -0.05) is 6.92 Å². The number of hydrogen-bond acceptors (Lipinski definition) is 2. The molecule has 1 N–H and O–H groups in total. The second-order valence-corrected chi connectivity index (χ2v) is 1.92. The minimum atomic E-state index is 0.633. The van der Waals surface area contributed by atoms with Crippen LogP contribution in [-0.2, 0) is 0 Å². The highest BCUT2D eigenvalue weighted by Gasteiger charge is 1.98. The molecule has 7 heavy (non-hydrogen) atoms. The highest BCUT2D eigenvalue weighted by molar-refractivity contribution is 5.61. The molecule has 0 amide bonds. The molecule has 0 fully saturated rings. The maximum Gasteiger partial charge on any atom is 0.0880 e. The molecule has 0 aromatic heterocycles. The summed E-state index contributed by atoms with van der Waals surface area (Å²) in [6, 6.07) is 0. The predicted molar refractivity (Wildman–Crippen MR) is 30.5 cm³/mol. The minimum Gasteiger partial charge on any atom is -0.298 e. The van der Waals surface area contributed by atoms with Crippen LogP contribution in [0.15, 0.2) is 4.99 Å². The second kappa shape index (κ2) is 2.07. The molecule has 1 unspecified atom stereocenters. The van der Waals surface area contributed by atoms with Crippen LogP contribution in [0.25, 0.3) is 0 Å². The lowest BCUT2D eigenvalue weighted by Crippen LogP contribution is -2.26. The fraction of sp³-hybridized carbons (Fsp3) is 0.800. The SMILES string of the molecule is CC1C=NCNC1. The summed E-state index contributed by atoms with van der Waals surface area (Å²) in [5.74, 6) is 0.633. The minimum absolute atomic E-state index is 0.633. The highest BCUT2D eigenvalue weighted by atomic mass is 15.0. The molecule has 1 rings (SSSR count). The Morgan fingerprint density at radius 1 is 1.86 bits per heavy atom. The number of nitrogens with zero attached hydrogens (tertiary/aromatic N) is 1. The maximum atomic E-state index is 4.02. The molecule has 40 valence electrons. The number of nitrogens with one attached hydrogen (secondary N) is 1. The van der Waals surface area contributed by atoms with Gasteiger partial charge < -0.3 is 0 Å². The summed E-state index contributed by atoms with van der Waals surface area (Å²) in [5.41, 5.74) is 0. The lowest BCUT2D eigenvalue weighted by atomic mass is 10.2. The maximum absolute atomic E-state index is 4.02. The predicted octanol–water partition coefficient (Wildman–Crippen LogP) is 0.254. The van der Waals surface area contributed by atoms with Gasteiger partial charge in [0.15, 0.2) is 0 Å². The van der Waals surface area contributed by atoms with Crippen molar-refractivity contribution in [3.8, 4) is 0 Å². The Bertz CT molecular complexity index is 78.1. The van der Waals surface area contributed by atoms with Crippen LogP contribution in [0.5, 0.6) is 0 Å². The topological polar surface area (TPSA) is 24.4 Å². The van der Waals surface area contributed by atoms with E-state index < -0.39 is 0 Å². The van der Waals surface area contributed by atoms with E-state index in [-0.39, 0.29) is 0 Å². The van der Waals surface area contributed by atoms with Crippen molar-refractivity contribution < 1.29 is 0 Å². The van der Waals surface area contributed by atoms with Crippen LogP contribution < -0.4 is 5.32 Å². The summed E-state index contributed by atoms with van der Waals surface area (Å²) < 4.78 is 0. The first-order valence-electron chi connectivity index (χ1n) is 2.60. The molecule has 0 radical (unpaired) electrons. The first-order chi connectivity index (χ1) is 3.39. The van der Waals surface area contributed by atoms with E-state index in [0.717, 1.165) is 13.2 Å². The van der Waals surface area contributed by atoms with Crippen molar-refractivity contribution in [2.75, 3.05) is 13.2 Å². The molecule has 0 spiro atoms. The van der Waals surface area contributed by atoms with Crippen molar-refractivity contribution >= 4 is 6.21 Å². The highest BCUT2D eigenvalue weighted by Crippen LogP contribution is 1.90. The van der Waals surface area contributed by atoms with Crippen LogP contribution in [0, 0.1) is 5.92 Å². The number of hydrogen-bond donors (Lipinski definition) is 1. The Morgan fingerprint density at radius 2 is 2.71 bits per heavy atom. The van der Waals surface area contributed by atoms with Crippen LogP contribution >= 0.6 is 0 Å². The van der Waals surface area contributed by atoms with Gasteiger partial charge in [0, 0.05) is 18.7 Å². The molecule has 0 aromatic rings. The molecule has 1 heterocycles. The van der Waals surface area contributed by atoms with Gasteiger partial charge in [0.05, 0.1) is 6.67 Å². The zero-order valence-electron chi connectivity index (χ0n) is 4.52. The van der Waals surface area contributed by atoms with Crippen molar-refractivity contribution in [2.24, 2.45) is 10.9 Å². The fourth-order valence-electron chi connectivity index (χ4n) is 0.642. The standard InChI is InChI=1S/C5H10N2/c1-5-2-6-4-7-3-5/h2,5,7H,3-4H2,1H3. The van der Waals surface area contributed by atoms with E-state index in [2.05, 4.69) is 17.2 Å². The Balaban J connectivity index is 2.36. The zero-order valence-corrected chi connectivity index (χ0v) is 4.52. The van der Waals surface area contributed by atoms with Gasteiger partial charge in [-0.25, -0.2) is 0 Å². The van der Waals surface area contributed by atoms with E-state index in [1.165, 1.54) is 0 Å². The lowest BCUT2D eigenvalue weighted by Gasteiger charge is -2.10. The number of aliphatic imine (C=N–C) groups is 1. The Kier molecular flexibility index (Phi) is 1.42. The van der Waals surface area contributed by atoms with Crippen LogP contribution in [0.3, 0.4) is 0 Å². The van der Waals surface area contributed by atoms with Gasteiger partial charge in [-0.3, -0.25) is 10.3 Å². The molecule has 1 aliphatic rings. The quantitative estimate of drug-likeness (QED) is 0.461. The largest absolute Gasteiger partial charge is 0.298 e. The van der Waals surface area contributed by atoms with Crippen LogP contribution in [0.1, 0.15) is 6.92 Å². The van der Waals surface area contributed by atoms with Gasteiger partial charge in [0.25, 0.3) is 0 Å². The van der Waals surface area contributed by atoms with E-state index in [1.54, 1.807) is 0 Å². The fourth-order valence-corrected chi connectivity index (χ4v) is 0.642. The summed E-state index contributed by atoms with van der Waals surface area (Å²) in [7, 11) is 0. The molecule has 0 aliphatic carbocycles. The number of rotatable bonds is 0. The normalized spacial score (nSPS) is 30.7. The first-order valence-corrected chi connectivity index (χ1v) is 2.60. The summed E-state index contributed by atoms with van der Waals surface area (Å²) >= 11 is 0. The summed E-state index contributed by atoms with van der Waals surface area (Å²) in [6.07, 6.45) is 2.00. The molecule has 2 nitrogen and oxygen atoms in total. The second-order valence-electron chi connectivity index (χ2n) is 1.92. The molecule has 1 atom stereocenters. The first kappa shape index (κ1) is 4.78. The summed E-state index contributed by atoms with van der Waals surface area (Å²) in [4.78, 5) is 4.02. The van der Waals surface area contributed by atoms with E-state index in [4.69, 9.17) is 0 Å². The van der Waals surface area contributed by atoms with Crippen molar-refractivity contribution in [1.82, 2.24) is 5.32 Å². The van der Waals surface area contributed by atoms with Crippen molar-refractivity contribution in [3.63, 3.8) is 0 Å². The van der Waals surface area contributed by atoms with Crippen molar-refractivity contribution in [1.29, 1.82) is 0 Å². The third kappa shape index (κ3) is 1.27. The van der Waals surface area contributed by atoms with Crippen LogP contribution in [0.4, 0.5) is 0 Å². The molecular formula is C5H10N2. The van der Waals surface area contributed by atoms with E-state index >= 15 is 0 Å². The van der Waals surface area contributed by atoms with E-state index in [0.29, 0.717) is 5.92 Å². The van der Waals surface area contributed by atoms with Gasteiger partial charge in [-0.2, -0.15) is 0 Å². The average Bonchev–Trinajstić information content (AvgIpc) is 1.69. The molecule has 0 saturated heterocycles. The molecule has 1 aliphatic heterocycles. The smallest absolute Gasteiger partial charge is 0.0880 e. The van der Waals surface area contributed by atoms with Gasteiger partial charge in [0.1, 0.15) is 0 Å². The van der Waals surface area contributed by atoms with Gasteiger partial charge in [-0.15, -0.1) is 0 Å². The van der Waals surface area contributed by atoms with E-state index in [1.807, 2.05) is 6.21 Å². The van der Waals surface area contributed by atoms with Crippen molar-refractivity contribution in [3.05, 3.63) is 0 Å². The third-order valence-corrected chi connectivity index (χ3v) is 1.03. The molecule has 0 saturated carbocycles. The van der Waals surface area contributed by atoms with Gasteiger partial charge >= 0.3 is 0 Å². The summed E-state index contributed by atoms with van der Waals surface area (Å²) in [5, 5.41) is 3.14. The third-order valence-electron chi connectivity index (χ3n) is 1.03. The molecule has 0 aromatic carbocycles. The monoisotopic (exact) mass is 98.1 g/mol. The summed E-state index contributed by atoms with van der Waals surface area (Å²) in [6.45, 7) is 4.05. The van der Waals surface area contributed by atoms with Gasteiger partial charge in [0.2, 0.25) is 0 Å². The van der Waals surface area contributed by atoms with Gasteiger partial charge in [-0.05, 0) is 0 Å². The Labute approximate surface area is 43.6 Å². The Morgan fingerprint density at radius 3 is 3.00 bits per heavy atom. The van der Waals surface area contributed by atoms with E-state index in [9.17, 15) is 0 Å². The molecule has 2 heteroatoms. The average molecular weight is 98.1 g/mol. The van der Waals surface area contributed by atoms with Crippen molar-refractivity contribution in [2.45, 2.75) is 6.92 Å². The molecule has 0 bridgehead atoms. The lowest BCUT2D eigenvalue weighted by molar-refractivity contribution is 0.604. The molecular weight excluding hydrogens is 88.1 g/mol.